The number of fused-ring (bicyclic) bond motifs is 1. The number of aliphatic hydroxyl groups excluding tert-OH is 6. The van der Waals surface area contributed by atoms with Gasteiger partial charge in [0.15, 0.2) is 12.1 Å². The van der Waals surface area contributed by atoms with Crippen LogP contribution in [0.2, 0.25) is 0 Å². The van der Waals surface area contributed by atoms with Gasteiger partial charge in [0.2, 0.25) is 17.5 Å². The second kappa shape index (κ2) is 12.1. The number of phenolic OH excluding ortho intramolecular Hbond substituents is 1. The van der Waals surface area contributed by atoms with E-state index in [-0.39, 0.29) is 22.5 Å². The molecule has 10 atom stereocenters. The molecule has 228 valence electrons. The Morgan fingerprint density at radius 3 is 2.19 bits per heavy atom. The molecule has 5 rings (SSSR count). The van der Waals surface area contributed by atoms with Gasteiger partial charge in [0, 0.05) is 17.7 Å². The van der Waals surface area contributed by atoms with Gasteiger partial charge in [0.05, 0.1) is 19.8 Å². The number of methoxy groups -OCH3 is 1. The first-order chi connectivity index (χ1) is 20.0. The van der Waals surface area contributed by atoms with Gasteiger partial charge >= 0.3 is 0 Å². The fourth-order valence-corrected chi connectivity index (χ4v) is 4.87. The average molecular weight is 593 g/mol. The third-order valence-electron chi connectivity index (χ3n) is 7.31. The maximum Gasteiger partial charge on any atom is 0.239 e. The van der Waals surface area contributed by atoms with Crippen LogP contribution in [0.4, 0.5) is 0 Å². The average Bonchev–Trinajstić information content (AvgIpc) is 2.99. The predicted molar refractivity (Wildman–Crippen MR) is 142 cm³/mol. The number of phenols is 1. The van der Waals surface area contributed by atoms with E-state index in [1.807, 2.05) is 0 Å². The maximum absolute atomic E-state index is 13.7. The lowest BCUT2D eigenvalue weighted by Crippen LogP contribution is -2.61. The Kier molecular flexibility index (Phi) is 8.71. The van der Waals surface area contributed by atoms with E-state index in [1.165, 1.54) is 26.2 Å². The first-order valence-corrected chi connectivity index (χ1v) is 13.1. The van der Waals surface area contributed by atoms with Crippen molar-refractivity contribution < 1.29 is 63.8 Å². The van der Waals surface area contributed by atoms with E-state index in [9.17, 15) is 40.5 Å². The smallest absolute Gasteiger partial charge is 0.239 e. The highest BCUT2D eigenvalue weighted by molar-refractivity contribution is 5.88. The molecule has 3 aromatic rings. The quantitative estimate of drug-likeness (QED) is 0.179. The van der Waals surface area contributed by atoms with Crippen molar-refractivity contribution in [2.75, 3.05) is 13.7 Å². The fourth-order valence-electron chi connectivity index (χ4n) is 4.87. The molecule has 42 heavy (non-hydrogen) atoms. The summed E-state index contributed by atoms with van der Waals surface area (Å²) in [6, 6.07) is 11.0. The van der Waals surface area contributed by atoms with E-state index in [1.54, 1.807) is 30.3 Å². The van der Waals surface area contributed by atoms with E-state index in [4.69, 9.17) is 28.1 Å². The van der Waals surface area contributed by atoms with Crippen molar-refractivity contribution in [3.05, 3.63) is 52.7 Å². The van der Waals surface area contributed by atoms with Gasteiger partial charge in [-0.2, -0.15) is 0 Å². The summed E-state index contributed by atoms with van der Waals surface area (Å²) < 4.78 is 33.5. The van der Waals surface area contributed by atoms with Crippen LogP contribution in [-0.2, 0) is 14.2 Å². The lowest BCUT2D eigenvalue weighted by Gasteiger charge is -2.42. The minimum absolute atomic E-state index is 0.0116. The van der Waals surface area contributed by atoms with Crippen molar-refractivity contribution in [2.24, 2.45) is 0 Å². The van der Waals surface area contributed by atoms with Crippen LogP contribution in [0.15, 0.2) is 51.7 Å². The zero-order valence-corrected chi connectivity index (χ0v) is 22.5. The standard InChI is InChI=1S/C28H32O14/c1-11-18(30)21(33)23(35)27(39-11)38-10-16-19(31)22(34)24(36)28(41-16)42-26-20(32)17-14(29)8-13(37-2)9-15(17)40-25(26)12-6-4-3-5-7-12/h3-9,11,16,18-19,21-24,27-31,33-36H,10H2,1-2H3. The zero-order valence-electron chi connectivity index (χ0n) is 22.5. The van der Waals surface area contributed by atoms with E-state index < -0.39 is 84.9 Å². The van der Waals surface area contributed by atoms with Crippen molar-refractivity contribution in [1.29, 1.82) is 0 Å². The number of aromatic hydroxyl groups is 1. The number of hydrogen-bond donors (Lipinski definition) is 7. The monoisotopic (exact) mass is 592 g/mol. The molecule has 0 radical (unpaired) electrons. The van der Waals surface area contributed by atoms with Crippen LogP contribution >= 0.6 is 0 Å². The molecule has 2 aromatic carbocycles. The molecule has 14 nitrogen and oxygen atoms in total. The fraction of sp³-hybridized carbons (Fsp3) is 0.464. The van der Waals surface area contributed by atoms with E-state index in [2.05, 4.69) is 0 Å². The number of rotatable bonds is 7. The van der Waals surface area contributed by atoms with Gasteiger partial charge in [-0.05, 0) is 6.92 Å². The van der Waals surface area contributed by atoms with Crippen LogP contribution in [0.1, 0.15) is 6.92 Å². The molecular formula is C28H32O14. The molecule has 2 fully saturated rings. The third-order valence-corrected chi connectivity index (χ3v) is 7.31. The van der Waals surface area contributed by atoms with Gasteiger partial charge < -0.3 is 63.8 Å². The number of aliphatic hydroxyl groups is 6. The molecule has 10 unspecified atom stereocenters. The summed E-state index contributed by atoms with van der Waals surface area (Å²) >= 11 is 0. The van der Waals surface area contributed by atoms with Crippen molar-refractivity contribution in [3.8, 4) is 28.6 Å². The molecule has 3 heterocycles. The molecular weight excluding hydrogens is 560 g/mol. The molecule has 2 saturated heterocycles. The maximum atomic E-state index is 13.7. The summed E-state index contributed by atoms with van der Waals surface area (Å²) in [5.74, 6) is -0.768. The number of ether oxygens (including phenoxy) is 5. The lowest BCUT2D eigenvalue weighted by atomic mass is 9.98. The molecule has 7 N–H and O–H groups in total. The van der Waals surface area contributed by atoms with Crippen LogP contribution in [0.3, 0.4) is 0 Å². The second-order valence-electron chi connectivity index (χ2n) is 10.1. The Balaban J connectivity index is 1.46. The minimum atomic E-state index is -1.85. The van der Waals surface area contributed by atoms with Crippen LogP contribution in [0.25, 0.3) is 22.3 Å². The van der Waals surface area contributed by atoms with E-state index >= 15 is 0 Å². The highest BCUT2D eigenvalue weighted by atomic mass is 16.7. The Labute approximate surface area is 238 Å². The van der Waals surface area contributed by atoms with Gasteiger partial charge in [-0.15, -0.1) is 0 Å². The molecule has 0 bridgehead atoms. The topological polar surface area (TPSA) is 218 Å². The zero-order chi connectivity index (χ0) is 30.3. The van der Waals surface area contributed by atoms with Crippen molar-refractivity contribution in [2.45, 2.75) is 68.3 Å². The highest BCUT2D eigenvalue weighted by Gasteiger charge is 2.47. The van der Waals surface area contributed by atoms with Crippen molar-refractivity contribution in [1.82, 2.24) is 0 Å². The summed E-state index contributed by atoms with van der Waals surface area (Å²) in [7, 11) is 1.38. The largest absolute Gasteiger partial charge is 0.507 e. The van der Waals surface area contributed by atoms with Crippen LogP contribution in [-0.4, -0.2) is 111 Å². The first kappa shape index (κ1) is 30.2. The molecule has 0 aliphatic carbocycles. The second-order valence-corrected chi connectivity index (χ2v) is 10.1. The summed E-state index contributed by atoms with van der Waals surface area (Å²) in [5, 5.41) is 72.3. The van der Waals surface area contributed by atoms with Gasteiger partial charge in [-0.3, -0.25) is 4.79 Å². The van der Waals surface area contributed by atoms with E-state index in [0.29, 0.717) is 5.56 Å². The van der Waals surface area contributed by atoms with Crippen molar-refractivity contribution in [3.63, 3.8) is 0 Å². The van der Waals surface area contributed by atoms with Crippen LogP contribution in [0, 0.1) is 0 Å². The molecule has 2 aliphatic heterocycles. The molecule has 1 aromatic heterocycles. The van der Waals surface area contributed by atoms with Gasteiger partial charge in [0.1, 0.15) is 65.2 Å². The first-order valence-electron chi connectivity index (χ1n) is 13.1. The Bertz CT molecular complexity index is 1440. The highest BCUT2D eigenvalue weighted by Crippen LogP contribution is 2.37. The van der Waals surface area contributed by atoms with E-state index in [0.717, 1.165) is 0 Å². The minimum Gasteiger partial charge on any atom is -0.507 e. The molecule has 0 amide bonds. The predicted octanol–water partition coefficient (Wildman–Crippen LogP) is -0.795. The van der Waals surface area contributed by atoms with Crippen molar-refractivity contribution >= 4 is 11.0 Å². The normalized spacial score (nSPS) is 33.4. The molecule has 0 saturated carbocycles. The summed E-state index contributed by atoms with van der Waals surface area (Å²) in [5.41, 5.74) is -0.430. The Hall–Kier alpha value is -3.31. The lowest BCUT2D eigenvalue weighted by molar-refractivity contribution is -0.318. The number of benzene rings is 2. The summed E-state index contributed by atoms with van der Waals surface area (Å²) in [6.07, 6.45) is -15.4. The number of hydrogen-bond acceptors (Lipinski definition) is 14. The van der Waals surface area contributed by atoms with Gasteiger partial charge in [-0.25, -0.2) is 0 Å². The Morgan fingerprint density at radius 2 is 1.50 bits per heavy atom. The van der Waals surface area contributed by atoms with Crippen LogP contribution in [0.5, 0.6) is 17.2 Å². The van der Waals surface area contributed by atoms with Crippen LogP contribution < -0.4 is 14.9 Å². The summed E-state index contributed by atoms with van der Waals surface area (Å²) in [6.45, 7) is 0.930. The molecule has 14 heteroatoms. The third kappa shape index (κ3) is 5.56. The summed E-state index contributed by atoms with van der Waals surface area (Å²) in [4.78, 5) is 13.7. The van der Waals surface area contributed by atoms with Gasteiger partial charge in [0.25, 0.3) is 0 Å². The molecule has 0 spiro atoms. The SMILES string of the molecule is COc1cc(O)c2c(=O)c(OC3OC(COC4OC(C)C(O)C(O)C4O)C(O)C(O)C3O)c(-c3ccccc3)oc2c1. The Morgan fingerprint density at radius 1 is 0.833 bits per heavy atom. The molecule has 2 aliphatic rings. The van der Waals surface area contributed by atoms with Gasteiger partial charge in [-0.1, -0.05) is 30.3 Å².